The molecule has 0 unspecified atom stereocenters. The first-order valence-electron chi connectivity index (χ1n) is 7.36. The summed E-state index contributed by atoms with van der Waals surface area (Å²) in [6.07, 6.45) is 2.10. The van der Waals surface area contributed by atoms with Gasteiger partial charge in [0.05, 0.1) is 6.54 Å². The molecule has 1 saturated heterocycles. The second-order valence-corrected chi connectivity index (χ2v) is 6.02. The van der Waals surface area contributed by atoms with Crippen LogP contribution in [0.1, 0.15) is 19.1 Å². The fraction of sp³-hybridized carbons (Fsp3) is 0.600. The number of amides is 1. The van der Waals surface area contributed by atoms with Crippen LogP contribution in [0.3, 0.4) is 0 Å². The summed E-state index contributed by atoms with van der Waals surface area (Å²) in [5.74, 6) is 1.24. The second-order valence-electron chi connectivity index (χ2n) is 6.02. The zero-order chi connectivity index (χ0) is 15.0. The van der Waals surface area contributed by atoms with Crippen LogP contribution in [0.5, 0.6) is 5.75 Å². The Morgan fingerprint density at radius 2 is 2.05 bits per heavy atom. The summed E-state index contributed by atoms with van der Waals surface area (Å²) in [7, 11) is 0. The van der Waals surface area contributed by atoms with Gasteiger partial charge < -0.3 is 14.4 Å². The molecule has 0 aromatic carbocycles. The van der Waals surface area contributed by atoms with E-state index in [1.54, 1.807) is 0 Å². The quantitative estimate of drug-likeness (QED) is 0.885. The minimum Gasteiger partial charge on any atom is -0.502 e. The molecule has 2 heterocycles. The summed E-state index contributed by atoms with van der Waals surface area (Å²) in [4.78, 5) is 27.6. The summed E-state index contributed by atoms with van der Waals surface area (Å²) in [5, 5.41) is 9.16. The predicted octanol–water partition coefficient (Wildman–Crippen LogP) is 0.646. The van der Waals surface area contributed by atoms with Gasteiger partial charge in [0, 0.05) is 38.2 Å². The SMILES string of the molecule is C[C@H]1C[C@@H]1C(=O)N1CCN(Cc2cc(=O)c(O)co2)CC1. The Bertz CT molecular complexity index is 590. The van der Waals surface area contributed by atoms with Crippen molar-refractivity contribution in [3.8, 4) is 5.75 Å². The predicted molar refractivity (Wildman–Crippen MR) is 75.8 cm³/mol. The standard InChI is InChI=1S/C15H20N2O4/c1-10-6-12(10)15(20)17-4-2-16(3-5-17)8-11-7-13(18)14(19)9-21-11/h7,9-10,12,19H,2-6,8H2,1H3/t10-,12-/m0/s1. The number of piperazine rings is 1. The van der Waals surface area contributed by atoms with Crippen LogP contribution >= 0.6 is 0 Å². The fourth-order valence-electron chi connectivity index (χ4n) is 2.77. The molecule has 1 saturated carbocycles. The number of carbonyl (C=O) groups excluding carboxylic acids is 1. The molecule has 1 aromatic rings. The smallest absolute Gasteiger partial charge is 0.226 e. The number of carbonyl (C=O) groups is 1. The normalized spacial score (nSPS) is 25.9. The van der Waals surface area contributed by atoms with Gasteiger partial charge in [-0.25, -0.2) is 0 Å². The molecule has 2 fully saturated rings. The highest BCUT2D eigenvalue weighted by Gasteiger charge is 2.41. The van der Waals surface area contributed by atoms with Crippen LogP contribution in [0.2, 0.25) is 0 Å². The van der Waals surface area contributed by atoms with Crippen molar-refractivity contribution in [2.24, 2.45) is 11.8 Å². The number of rotatable bonds is 3. The van der Waals surface area contributed by atoms with Crippen LogP contribution in [-0.2, 0) is 11.3 Å². The van der Waals surface area contributed by atoms with Gasteiger partial charge >= 0.3 is 0 Å². The molecule has 1 N–H and O–H groups in total. The second kappa shape index (κ2) is 5.52. The van der Waals surface area contributed by atoms with Gasteiger partial charge in [-0.05, 0) is 12.3 Å². The van der Waals surface area contributed by atoms with Crippen molar-refractivity contribution in [3.05, 3.63) is 28.3 Å². The van der Waals surface area contributed by atoms with Crippen molar-refractivity contribution in [2.75, 3.05) is 26.2 Å². The molecular weight excluding hydrogens is 272 g/mol. The number of nitrogens with zero attached hydrogens (tertiary/aromatic N) is 2. The molecule has 2 aliphatic rings. The lowest BCUT2D eigenvalue weighted by Crippen LogP contribution is -2.48. The lowest BCUT2D eigenvalue weighted by molar-refractivity contribution is -0.134. The van der Waals surface area contributed by atoms with E-state index in [1.807, 2.05) is 4.90 Å². The third-order valence-electron chi connectivity index (χ3n) is 4.36. The van der Waals surface area contributed by atoms with E-state index in [4.69, 9.17) is 9.52 Å². The maximum Gasteiger partial charge on any atom is 0.226 e. The van der Waals surface area contributed by atoms with E-state index >= 15 is 0 Å². The molecule has 1 aliphatic heterocycles. The van der Waals surface area contributed by atoms with Crippen LogP contribution in [0.25, 0.3) is 0 Å². The van der Waals surface area contributed by atoms with Crippen molar-refractivity contribution in [3.63, 3.8) is 0 Å². The van der Waals surface area contributed by atoms with Crippen LogP contribution in [0.15, 0.2) is 21.5 Å². The molecule has 21 heavy (non-hydrogen) atoms. The van der Waals surface area contributed by atoms with Gasteiger partial charge in [-0.1, -0.05) is 6.92 Å². The lowest BCUT2D eigenvalue weighted by atomic mass is 10.2. The first-order valence-corrected chi connectivity index (χ1v) is 7.36. The number of hydrogen-bond donors (Lipinski definition) is 1. The Labute approximate surface area is 123 Å². The maximum absolute atomic E-state index is 12.1. The van der Waals surface area contributed by atoms with E-state index in [2.05, 4.69) is 11.8 Å². The van der Waals surface area contributed by atoms with Gasteiger partial charge in [-0.2, -0.15) is 0 Å². The number of aromatic hydroxyl groups is 1. The molecule has 114 valence electrons. The van der Waals surface area contributed by atoms with E-state index < -0.39 is 5.43 Å². The molecule has 0 radical (unpaired) electrons. The highest BCUT2D eigenvalue weighted by atomic mass is 16.4. The van der Waals surface area contributed by atoms with Gasteiger partial charge in [-0.15, -0.1) is 0 Å². The van der Waals surface area contributed by atoms with Gasteiger partial charge in [-0.3, -0.25) is 14.5 Å². The molecule has 0 spiro atoms. The van der Waals surface area contributed by atoms with E-state index in [0.29, 0.717) is 24.1 Å². The first-order chi connectivity index (χ1) is 10.0. The van der Waals surface area contributed by atoms with E-state index in [-0.39, 0.29) is 11.7 Å². The maximum atomic E-state index is 12.1. The summed E-state index contributed by atoms with van der Waals surface area (Å²) < 4.78 is 5.21. The largest absolute Gasteiger partial charge is 0.502 e. The Balaban J connectivity index is 1.52. The highest BCUT2D eigenvalue weighted by Crippen LogP contribution is 2.39. The van der Waals surface area contributed by atoms with Gasteiger partial charge in [0.15, 0.2) is 5.75 Å². The van der Waals surface area contributed by atoms with Crippen LogP contribution in [-0.4, -0.2) is 47.0 Å². The van der Waals surface area contributed by atoms with Crippen molar-refractivity contribution in [2.45, 2.75) is 19.9 Å². The molecule has 0 bridgehead atoms. The van der Waals surface area contributed by atoms with E-state index in [0.717, 1.165) is 38.9 Å². The third kappa shape index (κ3) is 3.10. The molecule has 6 nitrogen and oxygen atoms in total. The molecule has 1 amide bonds. The third-order valence-corrected chi connectivity index (χ3v) is 4.36. The zero-order valence-corrected chi connectivity index (χ0v) is 12.1. The van der Waals surface area contributed by atoms with Crippen molar-refractivity contribution >= 4 is 5.91 Å². The van der Waals surface area contributed by atoms with Gasteiger partial charge in [0.25, 0.3) is 0 Å². The summed E-state index contributed by atoms with van der Waals surface area (Å²) in [5.41, 5.74) is -0.423. The zero-order valence-electron chi connectivity index (χ0n) is 12.1. The summed E-state index contributed by atoms with van der Waals surface area (Å²) in [6, 6.07) is 1.32. The Hall–Kier alpha value is -1.82. The summed E-state index contributed by atoms with van der Waals surface area (Å²) >= 11 is 0. The average Bonchev–Trinajstić information content (AvgIpc) is 3.20. The van der Waals surface area contributed by atoms with Crippen LogP contribution in [0, 0.1) is 11.8 Å². The molecule has 1 aromatic heterocycles. The molecule has 2 atom stereocenters. The molecule has 1 aliphatic carbocycles. The van der Waals surface area contributed by atoms with Crippen LogP contribution in [0.4, 0.5) is 0 Å². The fourth-order valence-corrected chi connectivity index (χ4v) is 2.77. The number of hydrogen-bond acceptors (Lipinski definition) is 5. The molecular formula is C15H20N2O4. The van der Waals surface area contributed by atoms with Crippen LogP contribution < -0.4 is 5.43 Å². The van der Waals surface area contributed by atoms with Gasteiger partial charge in [0.1, 0.15) is 12.0 Å². The van der Waals surface area contributed by atoms with E-state index in [9.17, 15) is 9.59 Å². The molecule has 3 rings (SSSR count). The lowest BCUT2D eigenvalue weighted by Gasteiger charge is -2.34. The Morgan fingerprint density at radius 1 is 1.38 bits per heavy atom. The monoisotopic (exact) mass is 292 g/mol. The van der Waals surface area contributed by atoms with Crippen molar-refractivity contribution < 1.29 is 14.3 Å². The van der Waals surface area contributed by atoms with Crippen molar-refractivity contribution in [1.29, 1.82) is 0 Å². The Kier molecular flexibility index (Phi) is 3.71. The first kappa shape index (κ1) is 14.1. The topological polar surface area (TPSA) is 74.0 Å². The average molecular weight is 292 g/mol. The minimum absolute atomic E-state index is 0.242. The molecule has 6 heteroatoms. The Morgan fingerprint density at radius 3 is 2.62 bits per heavy atom. The van der Waals surface area contributed by atoms with E-state index in [1.165, 1.54) is 6.07 Å². The van der Waals surface area contributed by atoms with Gasteiger partial charge in [0.2, 0.25) is 11.3 Å². The highest BCUT2D eigenvalue weighted by molar-refractivity contribution is 5.81. The minimum atomic E-state index is -0.423. The van der Waals surface area contributed by atoms with Crippen molar-refractivity contribution in [1.82, 2.24) is 9.80 Å². The summed E-state index contributed by atoms with van der Waals surface area (Å²) in [6.45, 7) is 5.65.